The molecule has 1 N–H and O–H groups in total. The van der Waals surface area contributed by atoms with Crippen molar-refractivity contribution in [3.63, 3.8) is 0 Å². The van der Waals surface area contributed by atoms with Gasteiger partial charge in [0.15, 0.2) is 0 Å². The van der Waals surface area contributed by atoms with Gasteiger partial charge in [-0.1, -0.05) is 12.1 Å². The first-order valence-electron chi connectivity index (χ1n) is 9.47. The van der Waals surface area contributed by atoms with Crippen molar-refractivity contribution in [2.24, 2.45) is 5.10 Å². The van der Waals surface area contributed by atoms with E-state index in [-0.39, 0.29) is 12.2 Å². The van der Waals surface area contributed by atoms with E-state index in [9.17, 15) is 16.8 Å². The number of nitrogens with one attached hydrogen (secondary N) is 1. The number of sulfonamides is 2. The molecular weight excluding hydrogens is 442 g/mol. The van der Waals surface area contributed by atoms with Gasteiger partial charge in [-0.2, -0.15) is 9.52 Å². The standard InChI is InChI=1S/C20H25N3O6S2/c1-5-31(26,27)23-19(17-12-16(28-2)9-10-20(17)29-3)13-18(21-23)14-7-6-8-15(11-14)22-30(4,24)25/h6-12,19,22H,5,13H2,1-4H3/t19-/m1/s1. The van der Waals surface area contributed by atoms with Crippen LogP contribution >= 0.6 is 0 Å². The first kappa shape index (κ1) is 22.9. The van der Waals surface area contributed by atoms with Crippen molar-refractivity contribution in [1.29, 1.82) is 0 Å². The van der Waals surface area contributed by atoms with Crippen LogP contribution in [0.25, 0.3) is 0 Å². The highest BCUT2D eigenvalue weighted by atomic mass is 32.2. The summed E-state index contributed by atoms with van der Waals surface area (Å²) in [5.41, 5.74) is 2.14. The number of hydrogen-bond donors (Lipinski definition) is 1. The summed E-state index contributed by atoms with van der Waals surface area (Å²) in [7, 11) is -4.09. The fourth-order valence-electron chi connectivity index (χ4n) is 3.36. The number of ether oxygens (including phenoxy) is 2. The highest BCUT2D eigenvalue weighted by Crippen LogP contribution is 2.40. The summed E-state index contributed by atoms with van der Waals surface area (Å²) in [4.78, 5) is 0. The number of benzene rings is 2. The third kappa shape index (κ3) is 5.10. The predicted octanol–water partition coefficient (Wildman–Crippen LogP) is 2.58. The molecule has 168 valence electrons. The maximum atomic E-state index is 12.8. The Morgan fingerprint density at radius 2 is 1.84 bits per heavy atom. The zero-order chi connectivity index (χ0) is 22.8. The average Bonchev–Trinajstić information content (AvgIpc) is 3.18. The summed E-state index contributed by atoms with van der Waals surface area (Å²) in [6, 6.07) is 11.2. The van der Waals surface area contributed by atoms with Gasteiger partial charge in [-0.15, -0.1) is 0 Å². The molecule has 11 heteroatoms. The van der Waals surface area contributed by atoms with Gasteiger partial charge < -0.3 is 9.47 Å². The first-order valence-corrected chi connectivity index (χ1v) is 13.0. The minimum Gasteiger partial charge on any atom is -0.497 e. The van der Waals surface area contributed by atoms with Gasteiger partial charge in [0.2, 0.25) is 20.0 Å². The van der Waals surface area contributed by atoms with Gasteiger partial charge in [0, 0.05) is 17.7 Å². The van der Waals surface area contributed by atoms with E-state index in [1.807, 2.05) is 0 Å². The Balaban J connectivity index is 2.07. The van der Waals surface area contributed by atoms with Crippen molar-refractivity contribution in [2.45, 2.75) is 19.4 Å². The van der Waals surface area contributed by atoms with Crippen LogP contribution in [0.2, 0.25) is 0 Å². The zero-order valence-electron chi connectivity index (χ0n) is 17.7. The lowest BCUT2D eigenvalue weighted by molar-refractivity contribution is 0.347. The van der Waals surface area contributed by atoms with Crippen molar-refractivity contribution in [1.82, 2.24) is 4.41 Å². The summed E-state index contributed by atoms with van der Waals surface area (Å²) in [5.74, 6) is 0.964. The SMILES string of the molecule is CCS(=O)(=O)N1N=C(c2cccc(NS(C)(=O)=O)c2)C[C@@H]1c1cc(OC)ccc1OC. The number of nitrogens with zero attached hydrogens (tertiary/aromatic N) is 2. The third-order valence-corrected chi connectivity index (χ3v) is 7.06. The largest absolute Gasteiger partial charge is 0.497 e. The van der Waals surface area contributed by atoms with Crippen LogP contribution in [0.1, 0.15) is 30.5 Å². The molecule has 1 heterocycles. The molecule has 0 aliphatic carbocycles. The fourth-order valence-corrected chi connectivity index (χ4v) is 4.98. The van der Waals surface area contributed by atoms with Crippen molar-refractivity contribution in [3.05, 3.63) is 53.6 Å². The highest BCUT2D eigenvalue weighted by molar-refractivity contribution is 7.92. The van der Waals surface area contributed by atoms with E-state index in [2.05, 4.69) is 9.82 Å². The number of hydrogen-bond acceptors (Lipinski definition) is 7. The van der Waals surface area contributed by atoms with Crippen LogP contribution in [0, 0.1) is 0 Å². The molecule has 1 atom stereocenters. The quantitative estimate of drug-likeness (QED) is 0.638. The molecule has 2 aromatic carbocycles. The van der Waals surface area contributed by atoms with Gasteiger partial charge in [-0.3, -0.25) is 4.72 Å². The average molecular weight is 468 g/mol. The molecule has 1 aliphatic rings. The maximum absolute atomic E-state index is 12.8. The Morgan fingerprint density at radius 1 is 1.10 bits per heavy atom. The molecule has 3 rings (SSSR count). The van der Waals surface area contributed by atoms with Gasteiger partial charge in [0.05, 0.1) is 38.0 Å². The minimum absolute atomic E-state index is 0.123. The van der Waals surface area contributed by atoms with Gasteiger partial charge >= 0.3 is 0 Å². The second-order valence-corrected chi connectivity index (χ2v) is 10.9. The Bertz CT molecular complexity index is 1210. The van der Waals surface area contributed by atoms with Crippen LogP contribution in [0.3, 0.4) is 0 Å². The Kier molecular flexibility index (Phi) is 6.46. The number of hydrazone groups is 1. The van der Waals surface area contributed by atoms with E-state index in [1.54, 1.807) is 49.4 Å². The van der Waals surface area contributed by atoms with Crippen molar-refractivity contribution < 1.29 is 26.3 Å². The molecule has 0 spiro atoms. The molecular formula is C20H25N3O6S2. The lowest BCUT2D eigenvalue weighted by atomic mass is 9.98. The highest BCUT2D eigenvalue weighted by Gasteiger charge is 2.37. The number of rotatable bonds is 8. The van der Waals surface area contributed by atoms with Crippen LogP contribution in [-0.4, -0.2) is 53.2 Å². The second kappa shape index (κ2) is 8.75. The van der Waals surface area contributed by atoms with Gasteiger partial charge in [-0.25, -0.2) is 16.8 Å². The Labute approximate surface area is 182 Å². The monoisotopic (exact) mass is 467 g/mol. The molecule has 31 heavy (non-hydrogen) atoms. The fraction of sp³-hybridized carbons (Fsp3) is 0.350. The molecule has 1 aliphatic heterocycles. The van der Waals surface area contributed by atoms with Crippen molar-refractivity contribution >= 4 is 31.4 Å². The zero-order valence-corrected chi connectivity index (χ0v) is 19.3. The Hall–Kier alpha value is -2.79. The van der Waals surface area contributed by atoms with Gasteiger partial charge in [0.1, 0.15) is 11.5 Å². The molecule has 0 saturated carbocycles. The van der Waals surface area contributed by atoms with Crippen LogP contribution in [0.15, 0.2) is 47.6 Å². The van der Waals surface area contributed by atoms with Crippen molar-refractivity contribution in [3.8, 4) is 11.5 Å². The summed E-state index contributed by atoms with van der Waals surface area (Å²) in [5, 5.41) is 4.42. The van der Waals surface area contributed by atoms with Crippen molar-refractivity contribution in [2.75, 3.05) is 31.0 Å². The molecule has 0 fully saturated rings. The third-order valence-electron chi connectivity index (χ3n) is 4.82. The molecule has 2 aromatic rings. The van der Waals surface area contributed by atoms with E-state index in [0.29, 0.717) is 34.0 Å². The van der Waals surface area contributed by atoms with Crippen LogP contribution in [0.4, 0.5) is 5.69 Å². The second-order valence-electron chi connectivity index (χ2n) is 7.00. The maximum Gasteiger partial charge on any atom is 0.250 e. The summed E-state index contributed by atoms with van der Waals surface area (Å²) >= 11 is 0. The van der Waals surface area contributed by atoms with E-state index >= 15 is 0 Å². The lowest BCUT2D eigenvalue weighted by Crippen LogP contribution is -2.28. The number of anilines is 1. The van der Waals surface area contributed by atoms with Crippen LogP contribution in [-0.2, 0) is 20.0 Å². The molecule has 0 bridgehead atoms. The smallest absolute Gasteiger partial charge is 0.250 e. The summed E-state index contributed by atoms with van der Waals surface area (Å²) in [6.07, 6.45) is 1.35. The van der Waals surface area contributed by atoms with E-state index in [4.69, 9.17) is 9.47 Å². The lowest BCUT2D eigenvalue weighted by Gasteiger charge is -2.24. The normalized spacial score (nSPS) is 16.7. The predicted molar refractivity (Wildman–Crippen MR) is 120 cm³/mol. The molecule has 0 saturated heterocycles. The minimum atomic E-state index is -3.68. The molecule has 0 unspecified atom stereocenters. The summed E-state index contributed by atoms with van der Waals surface area (Å²) in [6.45, 7) is 1.55. The number of methoxy groups -OCH3 is 2. The summed E-state index contributed by atoms with van der Waals surface area (Å²) < 4.78 is 63.1. The molecule has 9 nitrogen and oxygen atoms in total. The van der Waals surface area contributed by atoms with E-state index < -0.39 is 26.1 Å². The topological polar surface area (TPSA) is 114 Å². The molecule has 0 amide bonds. The molecule has 0 aromatic heterocycles. The van der Waals surface area contributed by atoms with Crippen LogP contribution < -0.4 is 14.2 Å². The molecule has 0 radical (unpaired) electrons. The van der Waals surface area contributed by atoms with E-state index in [0.717, 1.165) is 10.7 Å². The van der Waals surface area contributed by atoms with Gasteiger partial charge in [-0.05, 0) is 42.8 Å². The first-order chi connectivity index (χ1) is 14.6. The van der Waals surface area contributed by atoms with Gasteiger partial charge in [0.25, 0.3) is 0 Å². The van der Waals surface area contributed by atoms with Crippen LogP contribution in [0.5, 0.6) is 11.5 Å². The van der Waals surface area contributed by atoms with E-state index in [1.165, 1.54) is 14.2 Å². The Morgan fingerprint density at radius 3 is 2.45 bits per heavy atom.